The van der Waals surface area contributed by atoms with Crippen LogP contribution in [0.1, 0.15) is 17.5 Å². The Morgan fingerprint density at radius 3 is 2.03 bits per heavy atom. The number of nitrogens with zero attached hydrogens (tertiary/aromatic N) is 1. The molecule has 6 nitrogen and oxygen atoms in total. The third kappa shape index (κ3) is 9.03. The van der Waals surface area contributed by atoms with Gasteiger partial charge in [-0.1, -0.05) is 24.3 Å². The van der Waals surface area contributed by atoms with Gasteiger partial charge in [0.2, 0.25) is 0 Å². The van der Waals surface area contributed by atoms with Gasteiger partial charge in [-0.15, -0.1) is 24.0 Å². The van der Waals surface area contributed by atoms with E-state index in [1.807, 2.05) is 24.3 Å². The molecule has 0 aliphatic carbocycles. The highest BCUT2D eigenvalue weighted by molar-refractivity contribution is 14.0. The molecular formula is C21H30IN3O3S. The number of sulfone groups is 1. The number of benzene rings is 2. The van der Waals surface area contributed by atoms with Gasteiger partial charge in [0.15, 0.2) is 15.8 Å². The molecule has 0 unspecified atom stereocenters. The summed E-state index contributed by atoms with van der Waals surface area (Å²) in [5.41, 5.74) is 2.36. The highest BCUT2D eigenvalue weighted by Crippen LogP contribution is 2.12. The lowest BCUT2D eigenvalue weighted by molar-refractivity contribution is 0.414. The fourth-order valence-electron chi connectivity index (χ4n) is 2.74. The standard InChI is InChI=1S/C21H29N3O3S.HI/c1-22-21(23-15-4-5-17-6-10-19(27-2)11-7-17)24-16-14-18-8-12-20(13-9-18)28(3,25)26;/h6-13H,4-5,14-16H2,1-3H3,(H2,22,23,24);1H. The molecule has 0 saturated carbocycles. The molecule has 2 aromatic carbocycles. The third-order valence-electron chi connectivity index (χ3n) is 4.37. The van der Waals surface area contributed by atoms with Crippen molar-refractivity contribution in [3.63, 3.8) is 0 Å². The average Bonchev–Trinajstić information content (AvgIpc) is 2.70. The summed E-state index contributed by atoms with van der Waals surface area (Å²) in [6.07, 6.45) is 3.99. The summed E-state index contributed by atoms with van der Waals surface area (Å²) in [6, 6.07) is 15.1. The van der Waals surface area contributed by atoms with Gasteiger partial charge in [-0.2, -0.15) is 0 Å². The van der Waals surface area contributed by atoms with Crippen LogP contribution in [-0.4, -0.2) is 47.9 Å². The van der Waals surface area contributed by atoms with Crippen LogP contribution in [0.25, 0.3) is 0 Å². The van der Waals surface area contributed by atoms with E-state index in [9.17, 15) is 8.42 Å². The van der Waals surface area contributed by atoms with E-state index in [4.69, 9.17) is 4.74 Å². The summed E-state index contributed by atoms with van der Waals surface area (Å²) in [5.74, 6) is 1.64. The van der Waals surface area contributed by atoms with Gasteiger partial charge in [0.1, 0.15) is 5.75 Å². The number of nitrogens with one attached hydrogen (secondary N) is 2. The van der Waals surface area contributed by atoms with Gasteiger partial charge in [0.25, 0.3) is 0 Å². The Labute approximate surface area is 191 Å². The minimum atomic E-state index is -3.15. The molecule has 0 saturated heterocycles. The number of ether oxygens (including phenoxy) is 1. The number of methoxy groups -OCH3 is 1. The number of hydrogen-bond donors (Lipinski definition) is 2. The smallest absolute Gasteiger partial charge is 0.190 e. The first kappa shape index (κ1) is 25.2. The van der Waals surface area contributed by atoms with Crippen molar-refractivity contribution < 1.29 is 13.2 Å². The molecule has 0 heterocycles. The van der Waals surface area contributed by atoms with Crippen molar-refractivity contribution in [3.8, 4) is 5.75 Å². The van der Waals surface area contributed by atoms with Gasteiger partial charge in [0, 0.05) is 26.4 Å². The number of guanidine groups is 1. The van der Waals surface area contributed by atoms with Gasteiger partial charge in [0.05, 0.1) is 12.0 Å². The number of aryl methyl sites for hydroxylation is 1. The van der Waals surface area contributed by atoms with Crippen molar-refractivity contribution in [2.24, 2.45) is 4.99 Å². The van der Waals surface area contributed by atoms with Gasteiger partial charge < -0.3 is 15.4 Å². The minimum absolute atomic E-state index is 0. The Balaban J connectivity index is 0.00000420. The van der Waals surface area contributed by atoms with Crippen LogP contribution in [0.4, 0.5) is 0 Å². The Hall–Kier alpha value is -1.81. The van der Waals surface area contributed by atoms with Gasteiger partial charge >= 0.3 is 0 Å². The van der Waals surface area contributed by atoms with E-state index in [1.165, 1.54) is 11.8 Å². The van der Waals surface area contributed by atoms with E-state index in [2.05, 4.69) is 27.8 Å². The van der Waals surface area contributed by atoms with Crippen molar-refractivity contribution in [1.29, 1.82) is 0 Å². The predicted octanol–water partition coefficient (Wildman–Crippen LogP) is 3.06. The maximum atomic E-state index is 11.5. The molecule has 2 aromatic rings. The van der Waals surface area contributed by atoms with Crippen LogP contribution < -0.4 is 15.4 Å². The summed E-state index contributed by atoms with van der Waals surface area (Å²) < 4.78 is 28.1. The molecule has 2 N–H and O–H groups in total. The highest BCUT2D eigenvalue weighted by atomic mass is 127. The normalized spacial score (nSPS) is 11.5. The second-order valence-electron chi connectivity index (χ2n) is 6.54. The summed E-state index contributed by atoms with van der Waals surface area (Å²) in [6.45, 7) is 1.55. The molecule has 0 aliphatic rings. The molecule has 160 valence electrons. The van der Waals surface area contributed by atoms with Crippen molar-refractivity contribution >= 4 is 39.8 Å². The second-order valence-corrected chi connectivity index (χ2v) is 8.56. The van der Waals surface area contributed by atoms with Crippen LogP contribution in [0, 0.1) is 0 Å². The molecule has 0 aromatic heterocycles. The molecular weight excluding hydrogens is 501 g/mol. The van der Waals surface area contributed by atoms with Crippen LogP contribution in [0.15, 0.2) is 58.4 Å². The topological polar surface area (TPSA) is 79.8 Å². The fraction of sp³-hybridized carbons (Fsp3) is 0.381. The van der Waals surface area contributed by atoms with Crippen molar-refractivity contribution in [1.82, 2.24) is 10.6 Å². The van der Waals surface area contributed by atoms with E-state index >= 15 is 0 Å². The minimum Gasteiger partial charge on any atom is -0.497 e. The maximum Gasteiger partial charge on any atom is 0.190 e. The summed E-state index contributed by atoms with van der Waals surface area (Å²) in [7, 11) is 0.274. The average molecular weight is 531 g/mol. The summed E-state index contributed by atoms with van der Waals surface area (Å²) in [5, 5.41) is 6.59. The van der Waals surface area contributed by atoms with E-state index in [0.29, 0.717) is 4.90 Å². The zero-order chi connectivity index (χ0) is 20.4. The number of hydrogen-bond acceptors (Lipinski definition) is 4. The quantitative estimate of drug-likeness (QED) is 0.225. The second kappa shape index (κ2) is 12.7. The molecule has 0 fully saturated rings. The third-order valence-corrected chi connectivity index (χ3v) is 5.50. The van der Waals surface area contributed by atoms with E-state index in [-0.39, 0.29) is 24.0 Å². The van der Waals surface area contributed by atoms with Gasteiger partial charge in [-0.3, -0.25) is 4.99 Å². The molecule has 0 aliphatic heterocycles. The molecule has 0 amide bonds. The monoisotopic (exact) mass is 531 g/mol. The van der Waals surface area contributed by atoms with Crippen LogP contribution in [0.5, 0.6) is 5.75 Å². The van der Waals surface area contributed by atoms with Gasteiger partial charge in [-0.25, -0.2) is 8.42 Å². The highest BCUT2D eigenvalue weighted by Gasteiger charge is 2.06. The molecule has 0 atom stereocenters. The molecule has 0 spiro atoms. The fourth-order valence-corrected chi connectivity index (χ4v) is 3.37. The first-order chi connectivity index (χ1) is 13.4. The van der Waals surface area contributed by atoms with Crippen LogP contribution in [0.2, 0.25) is 0 Å². The maximum absolute atomic E-state index is 11.5. The lowest BCUT2D eigenvalue weighted by atomic mass is 10.1. The Morgan fingerprint density at radius 1 is 0.931 bits per heavy atom. The zero-order valence-electron chi connectivity index (χ0n) is 17.1. The van der Waals surface area contributed by atoms with Crippen molar-refractivity contribution in [3.05, 3.63) is 59.7 Å². The number of halogens is 1. The van der Waals surface area contributed by atoms with Crippen molar-refractivity contribution in [2.45, 2.75) is 24.2 Å². The molecule has 2 rings (SSSR count). The van der Waals surface area contributed by atoms with Crippen molar-refractivity contribution in [2.75, 3.05) is 33.5 Å². The van der Waals surface area contributed by atoms with Crippen LogP contribution >= 0.6 is 24.0 Å². The first-order valence-electron chi connectivity index (χ1n) is 9.29. The van der Waals surface area contributed by atoms with Gasteiger partial charge in [-0.05, 0) is 54.7 Å². The Kier molecular flexibility index (Phi) is 11.0. The van der Waals surface area contributed by atoms with Crippen LogP contribution in [0.3, 0.4) is 0 Å². The first-order valence-corrected chi connectivity index (χ1v) is 11.2. The molecule has 29 heavy (non-hydrogen) atoms. The zero-order valence-corrected chi connectivity index (χ0v) is 20.3. The van der Waals surface area contributed by atoms with E-state index in [1.54, 1.807) is 26.3 Å². The van der Waals surface area contributed by atoms with Crippen LogP contribution in [-0.2, 0) is 22.7 Å². The van der Waals surface area contributed by atoms with E-state index < -0.39 is 9.84 Å². The van der Waals surface area contributed by atoms with E-state index in [0.717, 1.165) is 49.6 Å². The molecule has 0 bridgehead atoms. The Morgan fingerprint density at radius 2 is 1.48 bits per heavy atom. The molecule has 8 heteroatoms. The lowest BCUT2D eigenvalue weighted by Gasteiger charge is -2.12. The SMILES string of the molecule is CN=C(NCCCc1ccc(OC)cc1)NCCc1ccc(S(C)(=O)=O)cc1.I. The summed E-state index contributed by atoms with van der Waals surface area (Å²) in [4.78, 5) is 4.58. The largest absolute Gasteiger partial charge is 0.497 e. The Bertz CT molecular complexity index is 867. The lowest BCUT2D eigenvalue weighted by Crippen LogP contribution is -2.38. The molecule has 0 radical (unpaired) electrons. The summed E-state index contributed by atoms with van der Waals surface area (Å²) >= 11 is 0. The number of aliphatic imine (C=N–C) groups is 1. The number of rotatable bonds is 9. The predicted molar refractivity (Wildman–Crippen MR) is 129 cm³/mol.